The summed E-state index contributed by atoms with van der Waals surface area (Å²) in [6.45, 7) is 1.79. The van der Waals surface area contributed by atoms with Crippen LogP contribution in [0.25, 0.3) is 11.0 Å². The Kier molecular flexibility index (Phi) is 4.65. The van der Waals surface area contributed by atoms with Gasteiger partial charge in [-0.25, -0.2) is 13.8 Å². The third kappa shape index (κ3) is 3.45. The average Bonchev–Trinajstić information content (AvgIpc) is 2.96. The van der Waals surface area contributed by atoms with Gasteiger partial charge in [0.2, 0.25) is 5.91 Å². The molecule has 25 heavy (non-hydrogen) atoms. The highest BCUT2D eigenvalue weighted by Gasteiger charge is 2.15. The van der Waals surface area contributed by atoms with Gasteiger partial charge < -0.3 is 14.6 Å². The monoisotopic (exact) mass is 345 g/mol. The van der Waals surface area contributed by atoms with Gasteiger partial charge in [0.1, 0.15) is 12.3 Å². The molecule has 0 aliphatic rings. The third-order valence-electron chi connectivity index (χ3n) is 3.96. The van der Waals surface area contributed by atoms with Gasteiger partial charge >= 0.3 is 0 Å². The molecule has 7 heteroatoms. The van der Waals surface area contributed by atoms with E-state index in [1.807, 2.05) is 31.2 Å². The second kappa shape index (κ2) is 6.88. The van der Waals surface area contributed by atoms with Crippen molar-refractivity contribution in [3.05, 3.63) is 59.9 Å². The highest BCUT2D eigenvalue weighted by atomic mass is 19.2. The van der Waals surface area contributed by atoms with Gasteiger partial charge in [-0.15, -0.1) is 0 Å². The maximum atomic E-state index is 13.4. The van der Waals surface area contributed by atoms with Gasteiger partial charge in [0.25, 0.3) is 0 Å². The van der Waals surface area contributed by atoms with Crippen LogP contribution in [0.2, 0.25) is 0 Å². The maximum Gasteiger partial charge on any atom is 0.240 e. The Hall–Kier alpha value is -2.96. The zero-order chi connectivity index (χ0) is 18.0. The molecule has 1 amide bonds. The van der Waals surface area contributed by atoms with Gasteiger partial charge in [-0.1, -0.05) is 18.2 Å². The van der Waals surface area contributed by atoms with Crippen LogP contribution in [-0.4, -0.2) is 22.6 Å². The summed E-state index contributed by atoms with van der Waals surface area (Å²) in [6, 6.07) is 9.18. The number of benzene rings is 2. The molecule has 2 aromatic carbocycles. The molecule has 0 bridgehead atoms. The number of para-hydroxylation sites is 1. The summed E-state index contributed by atoms with van der Waals surface area (Å²) in [6.07, 6.45) is 1.39. The molecule has 0 aliphatic carbocycles. The molecule has 3 rings (SSSR count). The molecular weight excluding hydrogens is 328 g/mol. The summed E-state index contributed by atoms with van der Waals surface area (Å²) < 4.78 is 33.4. The van der Waals surface area contributed by atoms with E-state index in [9.17, 15) is 13.6 Å². The van der Waals surface area contributed by atoms with E-state index < -0.39 is 11.6 Å². The van der Waals surface area contributed by atoms with Crippen molar-refractivity contribution < 1.29 is 18.3 Å². The molecule has 1 heterocycles. The second-order valence-electron chi connectivity index (χ2n) is 5.66. The van der Waals surface area contributed by atoms with Crippen LogP contribution in [0.4, 0.5) is 8.78 Å². The Bertz CT molecular complexity index is 924. The summed E-state index contributed by atoms with van der Waals surface area (Å²) in [5.74, 6) is -1.53. The molecule has 0 unspecified atom stereocenters. The van der Waals surface area contributed by atoms with E-state index in [1.54, 1.807) is 7.11 Å². The molecule has 0 saturated heterocycles. The molecule has 1 aromatic heterocycles. The Morgan fingerprint density at radius 3 is 2.76 bits per heavy atom. The van der Waals surface area contributed by atoms with Crippen molar-refractivity contribution >= 4 is 16.9 Å². The van der Waals surface area contributed by atoms with Crippen LogP contribution in [0.3, 0.4) is 0 Å². The normalized spacial score (nSPS) is 12.2. The van der Waals surface area contributed by atoms with Gasteiger partial charge in [0.05, 0.1) is 30.5 Å². The zero-order valence-corrected chi connectivity index (χ0v) is 13.8. The summed E-state index contributed by atoms with van der Waals surface area (Å²) in [5, 5.41) is 2.86. The van der Waals surface area contributed by atoms with Crippen LogP contribution in [0.15, 0.2) is 42.7 Å². The highest BCUT2D eigenvalue weighted by Crippen LogP contribution is 2.24. The van der Waals surface area contributed by atoms with Crippen molar-refractivity contribution in [2.45, 2.75) is 19.5 Å². The number of hydrogen-bond donors (Lipinski definition) is 1. The summed E-state index contributed by atoms with van der Waals surface area (Å²) >= 11 is 0. The number of amides is 1. The quantitative estimate of drug-likeness (QED) is 0.773. The molecule has 130 valence electrons. The van der Waals surface area contributed by atoms with Crippen molar-refractivity contribution in [2.24, 2.45) is 0 Å². The van der Waals surface area contributed by atoms with Crippen LogP contribution in [0.1, 0.15) is 18.5 Å². The van der Waals surface area contributed by atoms with Gasteiger partial charge in [0.15, 0.2) is 11.6 Å². The average molecular weight is 345 g/mol. The number of rotatable bonds is 5. The van der Waals surface area contributed by atoms with E-state index in [-0.39, 0.29) is 18.5 Å². The molecule has 5 nitrogen and oxygen atoms in total. The number of aromatic nitrogens is 2. The number of imidazole rings is 1. The number of carbonyl (C=O) groups excluding carboxylic acids is 1. The first-order chi connectivity index (χ1) is 12.0. The van der Waals surface area contributed by atoms with Gasteiger partial charge in [-0.05, 0) is 13.0 Å². The standard InChI is InChI=1S/C18H17F2N3O2/c1-11(12-5-3-4-6-17(12)25-2)22-18(24)9-23-10-21-15-7-13(19)14(20)8-16(15)23/h3-8,10-11H,9H2,1-2H3,(H,22,24)/t11-/m0/s1. The predicted octanol–water partition coefficient (Wildman–Crippen LogP) is 3.20. The van der Waals surface area contributed by atoms with Crippen LogP contribution in [0, 0.1) is 11.6 Å². The Balaban J connectivity index is 1.76. The lowest BCUT2D eigenvalue weighted by atomic mass is 10.1. The minimum Gasteiger partial charge on any atom is -0.496 e. The first-order valence-corrected chi connectivity index (χ1v) is 7.71. The summed E-state index contributed by atoms with van der Waals surface area (Å²) in [5.41, 5.74) is 1.51. The third-order valence-corrected chi connectivity index (χ3v) is 3.96. The number of halogens is 2. The van der Waals surface area contributed by atoms with Gasteiger partial charge in [0, 0.05) is 17.7 Å². The van der Waals surface area contributed by atoms with Crippen LogP contribution >= 0.6 is 0 Å². The molecule has 0 radical (unpaired) electrons. The van der Waals surface area contributed by atoms with Crippen molar-refractivity contribution in [1.29, 1.82) is 0 Å². The van der Waals surface area contributed by atoms with Crippen LogP contribution < -0.4 is 10.1 Å². The Morgan fingerprint density at radius 1 is 1.28 bits per heavy atom. The van der Waals surface area contributed by atoms with Gasteiger partial charge in [-0.3, -0.25) is 4.79 Å². The second-order valence-corrected chi connectivity index (χ2v) is 5.66. The number of methoxy groups -OCH3 is 1. The molecular formula is C18H17F2N3O2. The lowest BCUT2D eigenvalue weighted by molar-refractivity contribution is -0.122. The SMILES string of the molecule is COc1ccccc1[C@H](C)NC(=O)Cn1cnc2cc(F)c(F)cc21. The molecule has 3 aromatic rings. The lowest BCUT2D eigenvalue weighted by Crippen LogP contribution is -2.30. The number of fused-ring (bicyclic) bond motifs is 1. The van der Waals surface area contributed by atoms with E-state index in [0.29, 0.717) is 16.8 Å². The number of ether oxygens (including phenoxy) is 1. The smallest absolute Gasteiger partial charge is 0.240 e. The molecule has 0 aliphatic heterocycles. The molecule has 0 fully saturated rings. The predicted molar refractivity (Wildman–Crippen MR) is 89.2 cm³/mol. The van der Waals surface area contributed by atoms with Crippen molar-refractivity contribution in [3.63, 3.8) is 0 Å². The fourth-order valence-electron chi connectivity index (χ4n) is 2.72. The van der Waals surface area contributed by atoms with Crippen molar-refractivity contribution in [3.8, 4) is 5.75 Å². The fraction of sp³-hybridized carbons (Fsp3) is 0.222. The summed E-state index contributed by atoms with van der Waals surface area (Å²) in [7, 11) is 1.57. The van der Waals surface area contributed by atoms with Gasteiger partial charge in [-0.2, -0.15) is 0 Å². The number of nitrogens with zero attached hydrogens (tertiary/aromatic N) is 2. The molecule has 0 spiro atoms. The molecule has 1 N–H and O–H groups in total. The van der Waals surface area contributed by atoms with E-state index in [4.69, 9.17) is 4.74 Å². The minimum atomic E-state index is -0.975. The minimum absolute atomic E-state index is 0.0545. The maximum absolute atomic E-state index is 13.4. The van der Waals surface area contributed by atoms with Crippen molar-refractivity contribution in [1.82, 2.24) is 14.9 Å². The topological polar surface area (TPSA) is 56.1 Å². The summed E-state index contributed by atoms with van der Waals surface area (Å²) in [4.78, 5) is 16.3. The Labute approximate surface area is 143 Å². The fourth-order valence-corrected chi connectivity index (χ4v) is 2.72. The van der Waals surface area contributed by atoms with E-state index in [0.717, 1.165) is 17.7 Å². The molecule has 0 saturated carbocycles. The number of nitrogens with one attached hydrogen (secondary N) is 1. The number of carbonyl (C=O) groups is 1. The van der Waals surface area contributed by atoms with Crippen LogP contribution in [-0.2, 0) is 11.3 Å². The first-order valence-electron chi connectivity index (χ1n) is 7.71. The van der Waals surface area contributed by atoms with E-state index in [1.165, 1.54) is 10.9 Å². The molecule has 1 atom stereocenters. The van der Waals surface area contributed by atoms with E-state index >= 15 is 0 Å². The lowest BCUT2D eigenvalue weighted by Gasteiger charge is -2.17. The van der Waals surface area contributed by atoms with E-state index in [2.05, 4.69) is 10.3 Å². The van der Waals surface area contributed by atoms with Crippen LogP contribution in [0.5, 0.6) is 5.75 Å². The largest absolute Gasteiger partial charge is 0.496 e. The zero-order valence-electron chi connectivity index (χ0n) is 13.8. The first kappa shape index (κ1) is 16.9. The Morgan fingerprint density at radius 2 is 2.00 bits per heavy atom. The van der Waals surface area contributed by atoms with Crippen molar-refractivity contribution in [2.75, 3.05) is 7.11 Å². The highest BCUT2D eigenvalue weighted by molar-refractivity contribution is 5.81. The number of hydrogen-bond acceptors (Lipinski definition) is 3.